The van der Waals surface area contributed by atoms with E-state index in [1.54, 1.807) is 0 Å². The number of hydrogen-bond donors (Lipinski definition) is 0. The Hall–Kier alpha value is -5.24. The van der Waals surface area contributed by atoms with E-state index >= 15 is 0 Å². The molecule has 0 bridgehead atoms. The molecule has 0 aliphatic heterocycles. The zero-order valence-corrected chi connectivity index (χ0v) is 29.0. The zero-order valence-electron chi connectivity index (χ0n) is 69.0. The summed E-state index contributed by atoms with van der Waals surface area (Å²) in [7, 11) is -4.35. The average Bonchev–Trinajstić information content (AvgIpc) is 0.767. The second kappa shape index (κ2) is 21.8. The summed E-state index contributed by atoms with van der Waals surface area (Å²) in [4.78, 5) is 0. The van der Waals surface area contributed by atoms with Gasteiger partial charge in [-0.3, -0.25) is 0 Å². The summed E-state index contributed by atoms with van der Waals surface area (Å²) in [6, 6.07) is -13.8. The summed E-state index contributed by atoms with van der Waals surface area (Å²) in [5, 5.41) is 0. The maximum absolute atomic E-state index is 8.04. The number of hydrogen-bond acceptors (Lipinski definition) is 0. The van der Waals surface area contributed by atoms with Crippen LogP contribution in [0.1, 0.15) is 78.5 Å². The molecule has 0 saturated heterocycles. The van der Waals surface area contributed by atoms with Gasteiger partial charge in [-0.05, 0) is 66.6 Å². The van der Waals surface area contributed by atoms with Crippen molar-refractivity contribution in [2.45, 2.75) is 53.7 Å². The maximum Gasteiger partial charge on any atom is 0.0632 e. The van der Waals surface area contributed by atoms with Gasteiger partial charge in [-0.2, -0.15) is 0 Å². The normalized spacial score (nSPS) is 22.1. The zero-order chi connectivity index (χ0) is 72.2. The third-order valence-corrected chi connectivity index (χ3v) is 5.25. The lowest BCUT2D eigenvalue weighted by Crippen LogP contribution is -2.10. The number of benzene rings is 7. The molecule has 260 valence electrons. The van der Waals surface area contributed by atoms with Crippen LogP contribution in [0.4, 0.5) is 0 Å². The summed E-state index contributed by atoms with van der Waals surface area (Å²) in [5.74, 6) is 0. The Balaban J connectivity index is 0.000000306. The van der Waals surface area contributed by atoms with Gasteiger partial charge in [-0.1, -0.05) is 236 Å². The first-order chi connectivity index (χ1) is 41.5. The fraction of sp³-hybridized carbons (Fsp3) is 0.160. The highest BCUT2D eigenvalue weighted by atomic mass is 28.3. The van der Waals surface area contributed by atoms with Crippen molar-refractivity contribution in [3.05, 3.63) is 216 Å². The van der Waals surface area contributed by atoms with Gasteiger partial charge in [0.05, 0.1) is 43.9 Å². The molecule has 0 aliphatic rings. The van der Waals surface area contributed by atoms with Crippen molar-refractivity contribution >= 4 is 8.07 Å². The van der Waals surface area contributed by atoms with Gasteiger partial charge in [-0.15, -0.1) is 0 Å². The lowest BCUT2D eigenvalue weighted by Gasteiger charge is -2.04. The smallest absolute Gasteiger partial charge is 0.0632 e. The van der Waals surface area contributed by atoms with E-state index in [1.807, 2.05) is 0 Å². The van der Waals surface area contributed by atoms with E-state index in [0.717, 1.165) is 6.55 Å². The Kier molecular flexibility index (Phi) is 4.96. The van der Waals surface area contributed by atoms with Gasteiger partial charge < -0.3 is 0 Å². The van der Waals surface area contributed by atoms with Crippen molar-refractivity contribution in [2.75, 3.05) is 0 Å². The van der Waals surface area contributed by atoms with E-state index in [0.29, 0.717) is 5.56 Å². The molecular weight excluding hydrogens is 629 g/mol. The van der Waals surface area contributed by atoms with Gasteiger partial charge in [0, 0.05) is 20.4 Å². The molecule has 7 aromatic rings. The van der Waals surface area contributed by atoms with Crippen molar-refractivity contribution < 1.29 is 56.2 Å². The molecule has 0 unspecified atom stereocenters. The van der Waals surface area contributed by atoms with Gasteiger partial charge in [0.2, 0.25) is 0 Å². The molecule has 51 heavy (non-hydrogen) atoms. The summed E-state index contributed by atoms with van der Waals surface area (Å²) < 4.78 is 310. The second-order valence-corrected chi connectivity index (χ2v) is 12.1. The van der Waals surface area contributed by atoms with Crippen molar-refractivity contribution in [1.29, 1.82) is 0 Å². The molecule has 7 aromatic carbocycles. The van der Waals surface area contributed by atoms with Crippen molar-refractivity contribution in [3.63, 3.8) is 0 Å². The van der Waals surface area contributed by atoms with Crippen LogP contribution in [0, 0.1) is 27.7 Å². The molecule has 0 saturated carbocycles. The fourth-order valence-electron chi connectivity index (χ4n) is 3.12. The minimum Gasteiger partial charge on any atom is -0.0697 e. The SMILES string of the molecule is [2H]C([2H])([2H])[Si](C)(C([2H])([2H])[2H])C([2H])([2H])[2H].[2H]c1c([2H])c([2H])c(-c2c([2H])c([2H])c(C)c([2H])c2[2H])c([2H])c1[2H].[2H]c1c([2H])c([2H])c(-c2c([2H])c([2H])c([2H])c(C)c2[2H])c([2H])c1[2H].[2H]c1c([2H])c([2H])c(-c2c([2H])c([2H])c([2H])c([2H])c2C)c([2H])c1[2H].[2H]c1c([2H])c([2H])c(C)c([2H])c1[2H]. The first-order valence-electron chi connectivity index (χ1n) is 35.0. The van der Waals surface area contributed by atoms with Gasteiger partial charge in [0.1, 0.15) is 0 Å². The highest BCUT2D eigenvalue weighted by Crippen LogP contribution is 2.22. The average molecular weight is 726 g/mol. The van der Waals surface area contributed by atoms with E-state index < -0.39 is 160 Å². The van der Waals surface area contributed by atoms with E-state index in [-0.39, 0.29) is 110 Å². The molecule has 0 spiro atoms. The van der Waals surface area contributed by atoms with E-state index in [1.165, 1.54) is 27.7 Å². The van der Waals surface area contributed by atoms with Crippen LogP contribution in [0.3, 0.4) is 0 Å². The summed E-state index contributed by atoms with van der Waals surface area (Å²) in [5.41, 5.74) is -0.661. The fourth-order valence-corrected chi connectivity index (χ4v) is 3.12. The van der Waals surface area contributed by atoms with Gasteiger partial charge in [0.15, 0.2) is 0 Å². The Morgan fingerprint density at radius 3 is 1.24 bits per heavy atom. The Morgan fingerprint density at radius 2 is 0.725 bits per heavy atom. The molecule has 7 rings (SSSR count). The summed E-state index contributed by atoms with van der Waals surface area (Å²) >= 11 is 0. The van der Waals surface area contributed by atoms with Crippen LogP contribution in [0.15, 0.2) is 193 Å². The molecule has 0 N–H and O–H groups in total. The Bertz CT molecular complexity index is 3240. The van der Waals surface area contributed by atoms with Crippen LogP contribution in [0.5, 0.6) is 0 Å². The van der Waals surface area contributed by atoms with Crippen molar-refractivity contribution in [2.24, 2.45) is 0 Å². The van der Waals surface area contributed by atoms with E-state index in [2.05, 4.69) is 0 Å². The standard InChI is InChI=1S/3C13H12.C7H8.C4H12Si/c1-11-7-5-6-10-13(11)12-8-3-2-4-9-12;1-11-6-5-9-13(10-11)12-7-3-2-4-8-12;1-11-7-9-13(10-8-11)12-5-3-2-4-6-12;1-7-5-3-2-4-6-7;1-5(2,3)4/h3*2-10H,1H3;2-6H,1H3;1-4H3/i3*2D,3D,4D,5D,6D,7D,8D,9D,10D;2D,3D,4D,5D,6D;1D3,2D3,3D3. The third-order valence-electron chi connectivity index (χ3n) is 5.25. The molecule has 0 aliphatic carbocycles. The summed E-state index contributed by atoms with van der Waals surface area (Å²) in [6.45, 7) is -2.03. The molecule has 0 atom stereocenters. The third kappa shape index (κ3) is 16.8. The van der Waals surface area contributed by atoms with Crippen LogP contribution in [0.2, 0.25) is 26.0 Å². The molecular formula is C50H56Si. The quantitative estimate of drug-likeness (QED) is 0.159. The summed E-state index contributed by atoms with van der Waals surface area (Å²) in [6.07, 6.45) is 0. The maximum atomic E-state index is 8.04. The monoisotopic (exact) mass is 726 g/mol. The van der Waals surface area contributed by atoms with Crippen LogP contribution in [-0.2, 0) is 0 Å². The van der Waals surface area contributed by atoms with Crippen LogP contribution < -0.4 is 0 Å². The van der Waals surface area contributed by atoms with Crippen molar-refractivity contribution in [1.82, 2.24) is 0 Å². The first kappa shape index (κ1) is 11.6. The molecule has 0 nitrogen and oxygen atoms in total. The number of rotatable bonds is 3. The predicted octanol–water partition coefficient (Wildman–Crippen LogP) is 14.9. The minimum absolute atomic E-state index is 0.0667. The van der Waals surface area contributed by atoms with Gasteiger partial charge >= 0.3 is 0 Å². The molecule has 0 fully saturated rings. The predicted molar refractivity (Wildman–Crippen MR) is 230 cm³/mol. The van der Waals surface area contributed by atoms with Crippen LogP contribution >= 0.6 is 0 Å². The van der Waals surface area contributed by atoms with Crippen LogP contribution in [-0.4, -0.2) is 8.07 Å². The lowest BCUT2D eigenvalue weighted by molar-refractivity contribution is 1.46. The lowest BCUT2D eigenvalue weighted by atomic mass is 10.0. The van der Waals surface area contributed by atoms with E-state index in [9.17, 15) is 0 Å². The van der Waals surface area contributed by atoms with Gasteiger partial charge in [0.25, 0.3) is 0 Å². The van der Waals surface area contributed by atoms with E-state index in [4.69, 9.17) is 56.2 Å². The van der Waals surface area contributed by atoms with Gasteiger partial charge in [-0.25, -0.2) is 0 Å². The topological polar surface area (TPSA) is 0 Å². The molecule has 0 amide bonds. The molecule has 1 heteroatoms. The minimum atomic E-state index is -4.35. The Labute approximate surface area is 368 Å². The highest BCUT2D eigenvalue weighted by molar-refractivity contribution is 6.74. The molecule has 0 radical (unpaired) electrons. The molecule has 0 aromatic heterocycles. The first-order valence-corrected chi connectivity index (χ1v) is 17.0. The molecule has 0 heterocycles. The highest BCUT2D eigenvalue weighted by Gasteiger charge is 2.00. The van der Waals surface area contributed by atoms with Crippen molar-refractivity contribution in [3.8, 4) is 33.4 Å². The Morgan fingerprint density at radius 1 is 0.353 bits per heavy atom. The van der Waals surface area contributed by atoms with Crippen LogP contribution in [0.25, 0.3) is 33.4 Å². The largest absolute Gasteiger partial charge is 0.0697 e. The second-order valence-electron chi connectivity index (χ2n) is 9.88.